The van der Waals surface area contributed by atoms with Gasteiger partial charge in [-0.15, -0.1) is 24.0 Å². The Hall–Kier alpha value is -1.02. The molecule has 1 aliphatic carbocycles. The van der Waals surface area contributed by atoms with Gasteiger partial charge in [0.05, 0.1) is 7.11 Å². The summed E-state index contributed by atoms with van der Waals surface area (Å²) in [4.78, 5) is 8.99. The predicted molar refractivity (Wildman–Crippen MR) is 111 cm³/mol. The van der Waals surface area contributed by atoms with E-state index in [2.05, 4.69) is 47.2 Å². The summed E-state index contributed by atoms with van der Waals surface area (Å²) in [7, 11) is 7.81. The van der Waals surface area contributed by atoms with E-state index in [-0.39, 0.29) is 24.0 Å². The van der Waals surface area contributed by atoms with E-state index >= 15 is 0 Å². The molecule has 0 spiro atoms. The molecule has 0 aliphatic heterocycles. The zero-order chi connectivity index (χ0) is 16.8. The molecule has 1 saturated carbocycles. The molecule has 0 amide bonds. The Morgan fingerprint density at radius 3 is 2.58 bits per heavy atom. The molecule has 0 aromatic heterocycles. The summed E-state index contributed by atoms with van der Waals surface area (Å²) in [6.45, 7) is 3.92. The number of halogens is 1. The molecule has 24 heavy (non-hydrogen) atoms. The summed E-state index contributed by atoms with van der Waals surface area (Å²) in [5.74, 6) is 1.82. The van der Waals surface area contributed by atoms with Crippen molar-refractivity contribution < 1.29 is 4.74 Å². The first-order valence-electron chi connectivity index (χ1n) is 8.32. The van der Waals surface area contributed by atoms with E-state index in [4.69, 9.17) is 4.74 Å². The molecule has 1 aromatic rings. The van der Waals surface area contributed by atoms with Gasteiger partial charge in [-0.25, -0.2) is 0 Å². The van der Waals surface area contributed by atoms with Gasteiger partial charge in [-0.05, 0) is 32.9 Å². The number of rotatable bonds is 7. The van der Waals surface area contributed by atoms with E-state index in [1.165, 1.54) is 12.8 Å². The van der Waals surface area contributed by atoms with Gasteiger partial charge in [-0.2, -0.15) is 0 Å². The van der Waals surface area contributed by atoms with Crippen molar-refractivity contribution >= 4 is 29.9 Å². The summed E-state index contributed by atoms with van der Waals surface area (Å²) in [5.41, 5.74) is 1.16. The normalized spacial score (nSPS) is 15.7. The van der Waals surface area contributed by atoms with Gasteiger partial charge in [-0.3, -0.25) is 9.89 Å². The highest BCUT2D eigenvalue weighted by Crippen LogP contribution is 2.26. The molecule has 5 nitrogen and oxygen atoms in total. The quantitative estimate of drug-likeness (QED) is 0.397. The number of hydrogen-bond acceptors (Lipinski definition) is 3. The molecule has 0 bridgehead atoms. The summed E-state index contributed by atoms with van der Waals surface area (Å²) in [6.07, 6.45) is 2.67. The number of guanidine groups is 1. The second-order valence-corrected chi connectivity index (χ2v) is 6.34. The van der Waals surface area contributed by atoms with Crippen LogP contribution in [0.1, 0.15) is 25.3 Å². The molecular formula is C18H31IN4O. The van der Waals surface area contributed by atoms with Crippen LogP contribution in [-0.4, -0.2) is 62.6 Å². The van der Waals surface area contributed by atoms with E-state index < -0.39 is 0 Å². The standard InChI is InChI=1S/C18H30N4O.HI/c1-14(22(4)16-10-11-16)12-20-18(19-2)21(3)13-15-8-6-7-9-17(15)23-5;/h6-9,14,16H,10-13H2,1-5H3,(H,19,20);1H. The minimum atomic E-state index is 0. The molecule has 0 heterocycles. The molecule has 136 valence electrons. The lowest BCUT2D eigenvalue weighted by atomic mass is 10.2. The minimum Gasteiger partial charge on any atom is -0.496 e. The van der Waals surface area contributed by atoms with Crippen LogP contribution in [0.5, 0.6) is 5.75 Å². The second-order valence-electron chi connectivity index (χ2n) is 6.34. The lowest BCUT2D eigenvalue weighted by molar-refractivity contribution is 0.246. The molecule has 2 rings (SSSR count). The molecule has 1 aliphatic rings. The van der Waals surface area contributed by atoms with Crippen LogP contribution >= 0.6 is 24.0 Å². The summed E-state index contributed by atoms with van der Waals surface area (Å²) in [5, 5.41) is 3.48. The van der Waals surface area contributed by atoms with E-state index in [1.54, 1.807) is 7.11 Å². The van der Waals surface area contributed by atoms with Gasteiger partial charge >= 0.3 is 0 Å². The smallest absolute Gasteiger partial charge is 0.193 e. The number of aliphatic imine (C=N–C) groups is 1. The largest absolute Gasteiger partial charge is 0.496 e. The lowest BCUT2D eigenvalue weighted by Crippen LogP contribution is -2.45. The van der Waals surface area contributed by atoms with E-state index in [0.29, 0.717) is 6.04 Å². The SMILES string of the molecule is CN=C(NCC(C)N(C)C1CC1)N(C)Cc1ccccc1OC.I. The average molecular weight is 446 g/mol. The number of nitrogens with one attached hydrogen (secondary N) is 1. The number of hydrogen-bond donors (Lipinski definition) is 1. The molecule has 1 fully saturated rings. The zero-order valence-electron chi connectivity index (χ0n) is 15.5. The van der Waals surface area contributed by atoms with Crippen molar-refractivity contribution in [3.63, 3.8) is 0 Å². The monoisotopic (exact) mass is 446 g/mol. The number of benzene rings is 1. The zero-order valence-corrected chi connectivity index (χ0v) is 17.8. The maximum absolute atomic E-state index is 5.43. The Balaban J connectivity index is 0.00000288. The maximum atomic E-state index is 5.43. The molecule has 6 heteroatoms. The van der Waals surface area contributed by atoms with Crippen LogP contribution in [0.3, 0.4) is 0 Å². The highest BCUT2D eigenvalue weighted by molar-refractivity contribution is 14.0. The molecule has 1 aromatic carbocycles. The number of ether oxygens (including phenoxy) is 1. The van der Waals surface area contributed by atoms with Gasteiger partial charge in [0.15, 0.2) is 5.96 Å². The van der Waals surface area contributed by atoms with Gasteiger partial charge in [0.1, 0.15) is 5.75 Å². The van der Waals surface area contributed by atoms with Crippen LogP contribution in [0.2, 0.25) is 0 Å². The summed E-state index contributed by atoms with van der Waals surface area (Å²) in [6, 6.07) is 9.39. The van der Waals surface area contributed by atoms with E-state index in [1.807, 2.05) is 25.2 Å². The first kappa shape index (κ1) is 21.0. The van der Waals surface area contributed by atoms with Crippen molar-refractivity contribution in [1.82, 2.24) is 15.1 Å². The fourth-order valence-corrected chi connectivity index (χ4v) is 2.77. The summed E-state index contributed by atoms with van der Waals surface area (Å²) >= 11 is 0. The average Bonchev–Trinajstić information content (AvgIpc) is 3.40. The van der Waals surface area contributed by atoms with Crippen LogP contribution in [0, 0.1) is 0 Å². The van der Waals surface area contributed by atoms with Crippen LogP contribution in [0.25, 0.3) is 0 Å². The summed E-state index contributed by atoms with van der Waals surface area (Å²) < 4.78 is 5.43. The van der Waals surface area contributed by atoms with Crippen LogP contribution < -0.4 is 10.1 Å². The number of methoxy groups -OCH3 is 1. The Labute approximate surface area is 163 Å². The van der Waals surface area contributed by atoms with Gasteiger partial charge in [0, 0.05) is 44.8 Å². The Morgan fingerprint density at radius 1 is 1.33 bits per heavy atom. The highest BCUT2D eigenvalue weighted by atomic mass is 127. The number of likely N-dealkylation sites (N-methyl/N-ethyl adjacent to an activating group) is 1. The molecule has 0 saturated heterocycles. The van der Waals surface area contributed by atoms with Crippen molar-refractivity contribution in [2.75, 3.05) is 34.8 Å². The first-order valence-corrected chi connectivity index (χ1v) is 8.32. The Morgan fingerprint density at radius 2 is 2.00 bits per heavy atom. The van der Waals surface area contributed by atoms with E-state index in [9.17, 15) is 0 Å². The molecular weight excluding hydrogens is 415 g/mol. The molecule has 0 radical (unpaired) electrons. The molecule has 1 atom stereocenters. The predicted octanol–water partition coefficient (Wildman–Crippen LogP) is 2.80. The van der Waals surface area contributed by atoms with Crippen molar-refractivity contribution in [1.29, 1.82) is 0 Å². The van der Waals surface area contributed by atoms with E-state index in [0.717, 1.165) is 36.4 Å². The van der Waals surface area contributed by atoms with Gasteiger partial charge in [-0.1, -0.05) is 18.2 Å². The maximum Gasteiger partial charge on any atom is 0.193 e. The fourth-order valence-electron chi connectivity index (χ4n) is 2.77. The van der Waals surface area contributed by atoms with Crippen molar-refractivity contribution in [3.05, 3.63) is 29.8 Å². The van der Waals surface area contributed by atoms with Crippen molar-refractivity contribution in [2.45, 2.75) is 38.4 Å². The third kappa shape index (κ3) is 5.81. The second kappa shape index (κ2) is 10.1. The Kier molecular flexibility index (Phi) is 8.83. The fraction of sp³-hybridized carbons (Fsp3) is 0.611. The highest BCUT2D eigenvalue weighted by Gasteiger charge is 2.29. The number of para-hydroxylation sites is 1. The van der Waals surface area contributed by atoms with Gasteiger partial charge in [0.2, 0.25) is 0 Å². The van der Waals surface area contributed by atoms with Crippen molar-refractivity contribution in [2.24, 2.45) is 4.99 Å². The first-order chi connectivity index (χ1) is 11.1. The molecule has 1 unspecified atom stereocenters. The van der Waals surface area contributed by atoms with Crippen LogP contribution in [0.4, 0.5) is 0 Å². The minimum absolute atomic E-state index is 0. The molecule has 1 N–H and O–H groups in total. The third-order valence-electron chi connectivity index (χ3n) is 4.55. The van der Waals surface area contributed by atoms with Gasteiger partial charge in [0.25, 0.3) is 0 Å². The van der Waals surface area contributed by atoms with Gasteiger partial charge < -0.3 is 15.0 Å². The van der Waals surface area contributed by atoms with Crippen LogP contribution in [0.15, 0.2) is 29.3 Å². The number of nitrogens with zero attached hydrogens (tertiary/aromatic N) is 3. The van der Waals surface area contributed by atoms with Crippen molar-refractivity contribution in [3.8, 4) is 5.75 Å². The Bertz CT molecular complexity index is 534. The topological polar surface area (TPSA) is 40.1 Å². The lowest BCUT2D eigenvalue weighted by Gasteiger charge is -2.28. The third-order valence-corrected chi connectivity index (χ3v) is 4.55. The van der Waals surface area contributed by atoms with Crippen LogP contribution in [-0.2, 0) is 6.54 Å².